The first-order chi connectivity index (χ1) is 9.63. The average molecular weight is 289 g/mol. The molecule has 0 saturated carbocycles. The Labute approximate surface area is 118 Å². The molecule has 0 aliphatic rings. The smallest absolute Gasteiger partial charge is 0.315 e. The van der Waals surface area contributed by atoms with E-state index in [-0.39, 0.29) is 17.1 Å². The summed E-state index contributed by atoms with van der Waals surface area (Å²) in [6.45, 7) is 1.66. The maximum absolute atomic E-state index is 12.3. The zero-order chi connectivity index (χ0) is 14.1. The number of pyridine rings is 1. The standard InChI is InChI=1S/C13H9ClN4O2/c1-7-15-13(20-18-7)17-12(19)9-6-11(14)16-10-5-3-2-4-8(9)10/h2-6H,1H3,(H,15,17,18,19). The van der Waals surface area contributed by atoms with Gasteiger partial charge in [-0.3, -0.25) is 10.1 Å². The zero-order valence-corrected chi connectivity index (χ0v) is 11.2. The third kappa shape index (κ3) is 2.33. The Morgan fingerprint density at radius 3 is 2.85 bits per heavy atom. The van der Waals surface area contributed by atoms with Crippen LogP contribution in [0.1, 0.15) is 16.2 Å². The van der Waals surface area contributed by atoms with Crippen molar-refractivity contribution in [1.82, 2.24) is 15.1 Å². The molecule has 0 aliphatic carbocycles. The number of hydrogen-bond donors (Lipinski definition) is 1. The van der Waals surface area contributed by atoms with E-state index in [1.54, 1.807) is 19.1 Å². The lowest BCUT2D eigenvalue weighted by atomic mass is 10.1. The second kappa shape index (κ2) is 4.90. The molecule has 0 bridgehead atoms. The van der Waals surface area contributed by atoms with E-state index < -0.39 is 0 Å². The molecule has 0 atom stereocenters. The Morgan fingerprint density at radius 1 is 1.30 bits per heavy atom. The molecule has 2 heterocycles. The number of para-hydroxylation sites is 1. The van der Waals surface area contributed by atoms with Gasteiger partial charge in [-0.2, -0.15) is 4.98 Å². The van der Waals surface area contributed by atoms with Crippen molar-refractivity contribution in [3.8, 4) is 0 Å². The van der Waals surface area contributed by atoms with Crippen molar-refractivity contribution >= 4 is 34.4 Å². The van der Waals surface area contributed by atoms with Crippen LogP contribution in [0.2, 0.25) is 5.15 Å². The number of rotatable bonds is 2. The fourth-order valence-corrected chi connectivity index (χ4v) is 2.04. The van der Waals surface area contributed by atoms with E-state index >= 15 is 0 Å². The van der Waals surface area contributed by atoms with Crippen LogP contribution < -0.4 is 5.32 Å². The monoisotopic (exact) mass is 288 g/mol. The molecule has 0 radical (unpaired) electrons. The van der Waals surface area contributed by atoms with E-state index in [4.69, 9.17) is 16.1 Å². The van der Waals surface area contributed by atoms with Crippen molar-refractivity contribution in [2.75, 3.05) is 5.32 Å². The minimum Gasteiger partial charge on any atom is -0.315 e. The van der Waals surface area contributed by atoms with Gasteiger partial charge in [0.05, 0.1) is 11.1 Å². The Kier molecular flexibility index (Phi) is 3.08. The van der Waals surface area contributed by atoms with E-state index in [1.807, 2.05) is 12.1 Å². The molecule has 0 spiro atoms. The maximum Gasteiger partial charge on any atom is 0.328 e. The van der Waals surface area contributed by atoms with E-state index in [1.165, 1.54) is 6.07 Å². The number of aromatic nitrogens is 3. The summed E-state index contributed by atoms with van der Waals surface area (Å²) in [5.41, 5.74) is 1.04. The van der Waals surface area contributed by atoms with Gasteiger partial charge >= 0.3 is 6.01 Å². The molecular formula is C13H9ClN4O2. The molecule has 20 heavy (non-hydrogen) atoms. The van der Waals surface area contributed by atoms with Crippen LogP contribution in [0.4, 0.5) is 6.01 Å². The molecule has 0 fully saturated rings. The van der Waals surface area contributed by atoms with Gasteiger partial charge in [0.2, 0.25) is 0 Å². The first-order valence-corrected chi connectivity index (χ1v) is 6.18. The molecule has 1 amide bonds. The molecule has 0 aliphatic heterocycles. The lowest BCUT2D eigenvalue weighted by Crippen LogP contribution is -2.13. The van der Waals surface area contributed by atoms with Crippen molar-refractivity contribution in [3.05, 3.63) is 46.9 Å². The summed E-state index contributed by atoms with van der Waals surface area (Å²) in [5, 5.41) is 7.08. The van der Waals surface area contributed by atoms with Crippen LogP contribution in [-0.4, -0.2) is 21.0 Å². The first-order valence-electron chi connectivity index (χ1n) is 5.80. The minimum atomic E-state index is -0.380. The Morgan fingerprint density at radius 2 is 2.10 bits per heavy atom. The highest BCUT2D eigenvalue weighted by atomic mass is 35.5. The van der Waals surface area contributed by atoms with Crippen LogP contribution in [0.3, 0.4) is 0 Å². The quantitative estimate of drug-likeness (QED) is 0.733. The molecule has 1 aromatic carbocycles. The number of halogens is 1. The predicted octanol–water partition coefficient (Wildman–Crippen LogP) is 2.83. The summed E-state index contributed by atoms with van der Waals surface area (Å²) in [6.07, 6.45) is 0. The molecule has 1 N–H and O–H groups in total. The Balaban J connectivity index is 2.02. The van der Waals surface area contributed by atoms with Crippen molar-refractivity contribution < 1.29 is 9.32 Å². The molecule has 0 saturated heterocycles. The van der Waals surface area contributed by atoms with Gasteiger partial charge in [0.25, 0.3) is 5.91 Å². The molecule has 100 valence electrons. The van der Waals surface area contributed by atoms with Crippen LogP contribution in [0.25, 0.3) is 10.9 Å². The van der Waals surface area contributed by atoms with E-state index in [2.05, 4.69) is 20.4 Å². The molecule has 0 unspecified atom stereocenters. The lowest BCUT2D eigenvalue weighted by molar-refractivity contribution is 0.102. The fraction of sp³-hybridized carbons (Fsp3) is 0.0769. The van der Waals surface area contributed by atoms with Gasteiger partial charge in [0.15, 0.2) is 5.82 Å². The highest BCUT2D eigenvalue weighted by molar-refractivity contribution is 6.30. The number of anilines is 1. The second-order valence-electron chi connectivity index (χ2n) is 4.11. The number of nitrogens with zero attached hydrogens (tertiary/aromatic N) is 3. The number of benzene rings is 1. The number of aryl methyl sites for hydroxylation is 1. The normalized spacial score (nSPS) is 10.7. The lowest BCUT2D eigenvalue weighted by Gasteiger charge is -2.05. The first kappa shape index (κ1) is 12.6. The molecular weight excluding hydrogens is 280 g/mol. The molecule has 3 rings (SSSR count). The highest BCUT2D eigenvalue weighted by Crippen LogP contribution is 2.21. The summed E-state index contributed by atoms with van der Waals surface area (Å²) in [4.78, 5) is 20.3. The van der Waals surface area contributed by atoms with Crippen molar-refractivity contribution in [2.45, 2.75) is 6.92 Å². The van der Waals surface area contributed by atoms with Gasteiger partial charge < -0.3 is 4.52 Å². The zero-order valence-electron chi connectivity index (χ0n) is 10.4. The van der Waals surface area contributed by atoms with Crippen LogP contribution in [0.5, 0.6) is 0 Å². The van der Waals surface area contributed by atoms with Crippen molar-refractivity contribution in [1.29, 1.82) is 0 Å². The van der Waals surface area contributed by atoms with Gasteiger partial charge in [-0.05, 0) is 19.1 Å². The SMILES string of the molecule is Cc1noc(NC(=O)c2cc(Cl)nc3ccccc23)n1. The van der Waals surface area contributed by atoms with Crippen LogP contribution in [0, 0.1) is 6.92 Å². The van der Waals surface area contributed by atoms with E-state index in [9.17, 15) is 4.79 Å². The van der Waals surface area contributed by atoms with Gasteiger partial charge in [0.1, 0.15) is 5.15 Å². The topological polar surface area (TPSA) is 80.9 Å². The summed E-state index contributed by atoms with van der Waals surface area (Å²) < 4.78 is 4.86. The van der Waals surface area contributed by atoms with Crippen LogP contribution >= 0.6 is 11.6 Å². The molecule has 7 heteroatoms. The number of carbonyl (C=O) groups excluding carboxylic acids is 1. The third-order valence-electron chi connectivity index (χ3n) is 2.68. The Hall–Kier alpha value is -2.47. The molecule has 6 nitrogen and oxygen atoms in total. The third-order valence-corrected chi connectivity index (χ3v) is 2.87. The second-order valence-corrected chi connectivity index (χ2v) is 4.50. The summed E-state index contributed by atoms with van der Waals surface area (Å²) >= 11 is 5.93. The van der Waals surface area contributed by atoms with E-state index in [0.717, 1.165) is 0 Å². The average Bonchev–Trinajstić information content (AvgIpc) is 2.83. The van der Waals surface area contributed by atoms with Crippen LogP contribution in [0.15, 0.2) is 34.9 Å². The number of fused-ring (bicyclic) bond motifs is 1. The van der Waals surface area contributed by atoms with Gasteiger partial charge in [-0.25, -0.2) is 4.98 Å². The van der Waals surface area contributed by atoms with E-state index in [0.29, 0.717) is 22.3 Å². The highest BCUT2D eigenvalue weighted by Gasteiger charge is 2.15. The maximum atomic E-state index is 12.3. The number of nitrogens with one attached hydrogen (secondary N) is 1. The van der Waals surface area contributed by atoms with Crippen molar-refractivity contribution in [2.24, 2.45) is 0 Å². The van der Waals surface area contributed by atoms with Gasteiger partial charge in [-0.15, -0.1) is 0 Å². The fourth-order valence-electron chi connectivity index (χ4n) is 1.84. The van der Waals surface area contributed by atoms with Crippen molar-refractivity contribution in [3.63, 3.8) is 0 Å². The molecule has 2 aromatic heterocycles. The summed E-state index contributed by atoms with van der Waals surface area (Å²) in [6, 6.07) is 8.79. The predicted molar refractivity (Wildman–Crippen MR) is 73.7 cm³/mol. The Bertz CT molecular complexity index is 800. The number of hydrogen-bond acceptors (Lipinski definition) is 5. The minimum absolute atomic E-state index is 0.0458. The largest absolute Gasteiger partial charge is 0.328 e. The van der Waals surface area contributed by atoms with Gasteiger partial charge in [0, 0.05) is 5.39 Å². The van der Waals surface area contributed by atoms with Crippen LogP contribution in [-0.2, 0) is 0 Å². The summed E-state index contributed by atoms with van der Waals surface area (Å²) in [7, 11) is 0. The number of carbonyl (C=O) groups is 1. The van der Waals surface area contributed by atoms with Gasteiger partial charge in [-0.1, -0.05) is 35.0 Å². The number of amides is 1. The summed E-state index contributed by atoms with van der Waals surface area (Å²) in [5.74, 6) is 0.0621. The molecule has 3 aromatic rings.